The molecule has 7 heteroatoms. The van der Waals surface area contributed by atoms with Gasteiger partial charge in [-0.2, -0.15) is 0 Å². The third-order valence-electron chi connectivity index (χ3n) is 4.93. The number of aryl methyl sites for hydroxylation is 1. The van der Waals surface area contributed by atoms with Crippen molar-refractivity contribution in [1.82, 2.24) is 14.8 Å². The molecule has 2 aromatic heterocycles. The number of pyridine rings is 1. The van der Waals surface area contributed by atoms with Gasteiger partial charge in [-0.25, -0.2) is 14.7 Å². The normalized spacial score (nSPS) is 25.9. The Morgan fingerprint density at radius 3 is 2.91 bits per heavy atom. The summed E-state index contributed by atoms with van der Waals surface area (Å²) in [5.74, 6) is -0.326. The number of carbonyl (C=O) groups excluding carboxylic acids is 1. The molecule has 2 unspecified atom stereocenters. The van der Waals surface area contributed by atoms with Gasteiger partial charge in [-0.15, -0.1) is 0 Å². The lowest BCUT2D eigenvalue weighted by atomic mass is 9.98. The number of fused-ring (bicyclic) bond motifs is 3. The van der Waals surface area contributed by atoms with Crippen LogP contribution in [0.3, 0.4) is 0 Å². The summed E-state index contributed by atoms with van der Waals surface area (Å²) < 4.78 is 5.32. The van der Waals surface area contributed by atoms with Crippen molar-refractivity contribution in [3.63, 3.8) is 0 Å². The number of carboxylic acid groups (broad SMARTS) is 1. The van der Waals surface area contributed by atoms with Gasteiger partial charge in [0.1, 0.15) is 5.69 Å². The molecule has 120 valence electrons. The summed E-state index contributed by atoms with van der Waals surface area (Å²) in [6.07, 6.45) is 2.80. The van der Waals surface area contributed by atoms with Crippen LogP contribution in [-0.4, -0.2) is 57.6 Å². The SMILES string of the molecule is Cc1coc2cnc(C(=O)N(C(=O)O)C3CN4CC[C@H]3C4)cc12. The average Bonchev–Trinajstić information content (AvgIpc) is 3.23. The van der Waals surface area contributed by atoms with Crippen LogP contribution in [0, 0.1) is 12.8 Å². The Bertz CT molecular complexity index is 800. The van der Waals surface area contributed by atoms with E-state index in [0.29, 0.717) is 12.1 Å². The molecule has 7 nitrogen and oxygen atoms in total. The van der Waals surface area contributed by atoms with E-state index in [1.807, 2.05) is 6.92 Å². The maximum absolute atomic E-state index is 12.8. The van der Waals surface area contributed by atoms with E-state index >= 15 is 0 Å². The minimum atomic E-state index is -1.21. The Morgan fingerprint density at radius 2 is 2.26 bits per heavy atom. The number of imide groups is 1. The van der Waals surface area contributed by atoms with Gasteiger partial charge in [0.25, 0.3) is 5.91 Å². The summed E-state index contributed by atoms with van der Waals surface area (Å²) in [6.45, 7) is 4.35. The highest BCUT2D eigenvalue weighted by Crippen LogP contribution is 2.32. The van der Waals surface area contributed by atoms with Crippen LogP contribution >= 0.6 is 0 Å². The summed E-state index contributed by atoms with van der Waals surface area (Å²) in [4.78, 5) is 31.7. The van der Waals surface area contributed by atoms with E-state index in [0.717, 1.165) is 35.4 Å². The molecule has 0 spiro atoms. The first-order valence-electron chi connectivity index (χ1n) is 7.67. The van der Waals surface area contributed by atoms with E-state index < -0.39 is 12.0 Å². The van der Waals surface area contributed by atoms with Crippen LogP contribution < -0.4 is 0 Å². The zero-order valence-corrected chi connectivity index (χ0v) is 12.7. The summed E-state index contributed by atoms with van der Waals surface area (Å²) in [7, 11) is 0. The molecular formula is C16H17N3O4. The third kappa shape index (κ3) is 2.19. The van der Waals surface area contributed by atoms with Gasteiger partial charge in [-0.3, -0.25) is 4.79 Å². The van der Waals surface area contributed by atoms with Crippen LogP contribution in [0.1, 0.15) is 22.5 Å². The second-order valence-electron chi connectivity index (χ2n) is 6.32. The number of rotatable bonds is 2. The zero-order chi connectivity index (χ0) is 16.1. The van der Waals surface area contributed by atoms with E-state index in [2.05, 4.69) is 9.88 Å². The highest BCUT2D eigenvalue weighted by atomic mass is 16.4. The van der Waals surface area contributed by atoms with Crippen LogP contribution in [0.2, 0.25) is 0 Å². The summed E-state index contributed by atoms with van der Waals surface area (Å²) in [5.41, 5.74) is 1.62. The molecule has 23 heavy (non-hydrogen) atoms. The number of aromatic nitrogens is 1. The maximum Gasteiger partial charge on any atom is 0.414 e. The van der Waals surface area contributed by atoms with Crippen molar-refractivity contribution in [3.05, 3.63) is 29.8 Å². The molecule has 0 saturated carbocycles. The standard InChI is InChI=1S/C16H17N3O4/c1-9-8-23-14-5-17-12(4-11(9)14)15(20)19(16(21)22)13-7-18-3-2-10(13)6-18/h4-5,8,10,13H,2-3,6-7H2,1H3,(H,21,22)/t10-,13?/m0/s1. The molecule has 0 aliphatic carbocycles. The summed E-state index contributed by atoms with van der Waals surface area (Å²) >= 11 is 0. The highest BCUT2D eigenvalue weighted by molar-refractivity contribution is 6.03. The van der Waals surface area contributed by atoms with Gasteiger partial charge in [0.15, 0.2) is 5.58 Å². The van der Waals surface area contributed by atoms with Gasteiger partial charge in [0.2, 0.25) is 0 Å². The average molecular weight is 315 g/mol. The monoisotopic (exact) mass is 315 g/mol. The van der Waals surface area contributed by atoms with E-state index in [9.17, 15) is 14.7 Å². The molecule has 2 aliphatic rings. The summed E-state index contributed by atoms with van der Waals surface area (Å²) in [5, 5.41) is 10.3. The van der Waals surface area contributed by atoms with Crippen LogP contribution in [0.4, 0.5) is 4.79 Å². The zero-order valence-electron chi connectivity index (χ0n) is 12.7. The molecule has 2 amide bonds. The fraction of sp³-hybridized carbons (Fsp3) is 0.438. The van der Waals surface area contributed by atoms with Crippen molar-refractivity contribution >= 4 is 23.0 Å². The fourth-order valence-corrected chi connectivity index (χ4v) is 3.73. The topological polar surface area (TPSA) is 86.9 Å². The van der Waals surface area contributed by atoms with Gasteiger partial charge in [0, 0.05) is 18.5 Å². The first-order valence-corrected chi connectivity index (χ1v) is 7.67. The molecule has 2 fully saturated rings. The van der Waals surface area contributed by atoms with E-state index in [4.69, 9.17) is 4.42 Å². The number of carbonyl (C=O) groups is 2. The Labute approximate surface area is 132 Å². The predicted octanol–water partition coefficient (Wildman–Crippen LogP) is 1.96. The molecule has 1 N–H and O–H groups in total. The van der Waals surface area contributed by atoms with Gasteiger partial charge >= 0.3 is 6.09 Å². The largest absolute Gasteiger partial charge is 0.465 e. The van der Waals surface area contributed by atoms with Crippen molar-refractivity contribution in [2.45, 2.75) is 19.4 Å². The van der Waals surface area contributed by atoms with Crippen molar-refractivity contribution in [2.24, 2.45) is 5.92 Å². The number of piperidine rings is 1. The molecule has 3 atom stereocenters. The van der Waals surface area contributed by atoms with Gasteiger partial charge in [-0.1, -0.05) is 0 Å². The Balaban J connectivity index is 1.69. The Morgan fingerprint density at radius 1 is 1.43 bits per heavy atom. The van der Waals surface area contributed by atoms with Gasteiger partial charge in [-0.05, 0) is 37.4 Å². The molecule has 2 aromatic rings. The number of furan rings is 1. The lowest BCUT2D eigenvalue weighted by Crippen LogP contribution is -2.49. The van der Waals surface area contributed by atoms with Gasteiger partial charge < -0.3 is 14.4 Å². The molecule has 2 bridgehead atoms. The van der Waals surface area contributed by atoms with Crippen molar-refractivity contribution in [2.75, 3.05) is 19.6 Å². The van der Waals surface area contributed by atoms with Crippen LogP contribution in [0.25, 0.3) is 11.0 Å². The predicted molar refractivity (Wildman–Crippen MR) is 81.3 cm³/mol. The van der Waals surface area contributed by atoms with Gasteiger partial charge in [0.05, 0.1) is 18.5 Å². The molecule has 4 rings (SSSR count). The number of hydrogen-bond donors (Lipinski definition) is 1. The number of nitrogens with zero attached hydrogens (tertiary/aromatic N) is 3. The molecular weight excluding hydrogens is 298 g/mol. The van der Waals surface area contributed by atoms with Crippen molar-refractivity contribution in [1.29, 1.82) is 0 Å². The second kappa shape index (κ2) is 5.06. The van der Waals surface area contributed by atoms with E-state index in [1.165, 1.54) is 6.20 Å². The second-order valence-corrected chi connectivity index (χ2v) is 6.32. The highest BCUT2D eigenvalue weighted by Gasteiger charge is 2.45. The molecule has 0 aromatic carbocycles. The minimum Gasteiger partial charge on any atom is -0.465 e. The lowest BCUT2D eigenvalue weighted by molar-refractivity contribution is 0.0606. The third-order valence-corrected chi connectivity index (χ3v) is 4.93. The van der Waals surface area contributed by atoms with Crippen LogP contribution in [0.5, 0.6) is 0 Å². The van der Waals surface area contributed by atoms with Crippen LogP contribution in [-0.2, 0) is 0 Å². The first kappa shape index (κ1) is 14.2. The molecule has 2 saturated heterocycles. The lowest BCUT2D eigenvalue weighted by Gasteiger charge is -2.30. The molecule has 4 heterocycles. The fourth-order valence-electron chi connectivity index (χ4n) is 3.73. The molecule has 2 aliphatic heterocycles. The summed E-state index contributed by atoms with van der Waals surface area (Å²) in [6, 6.07) is 1.33. The number of hydrogen-bond acceptors (Lipinski definition) is 5. The Kier molecular flexibility index (Phi) is 3.12. The first-order chi connectivity index (χ1) is 11.0. The van der Waals surface area contributed by atoms with Crippen molar-refractivity contribution in [3.8, 4) is 0 Å². The smallest absolute Gasteiger partial charge is 0.414 e. The molecule has 0 radical (unpaired) electrons. The number of amides is 2. The van der Waals surface area contributed by atoms with Crippen LogP contribution in [0.15, 0.2) is 22.9 Å². The van der Waals surface area contributed by atoms with E-state index in [-0.39, 0.29) is 17.7 Å². The van der Waals surface area contributed by atoms with E-state index in [1.54, 1.807) is 12.3 Å². The maximum atomic E-state index is 12.8. The van der Waals surface area contributed by atoms with Crippen molar-refractivity contribution < 1.29 is 19.1 Å². The quantitative estimate of drug-likeness (QED) is 0.911. The minimum absolute atomic E-state index is 0.141. The Hall–Kier alpha value is -2.41.